The molecule has 2 aromatic rings. The Balaban J connectivity index is 2.22. The number of aromatic nitrogens is 3. The van der Waals surface area contributed by atoms with Crippen LogP contribution in [0.5, 0.6) is 0 Å². The van der Waals surface area contributed by atoms with E-state index in [-0.39, 0.29) is 11.7 Å². The Kier molecular flexibility index (Phi) is 2.66. The zero-order chi connectivity index (χ0) is 11.5. The largest absolute Gasteiger partial charge is 0.303 e. The van der Waals surface area contributed by atoms with E-state index in [0.717, 1.165) is 0 Å². The quantitative estimate of drug-likeness (QED) is 0.838. The normalized spacial score (nSPS) is 9.75. The smallest absolute Gasteiger partial charge is 0.276 e. The van der Waals surface area contributed by atoms with Crippen LogP contribution in [0.3, 0.4) is 0 Å². The van der Waals surface area contributed by atoms with E-state index in [1.807, 2.05) is 6.07 Å². The van der Waals surface area contributed by atoms with E-state index < -0.39 is 0 Å². The van der Waals surface area contributed by atoms with Crippen molar-refractivity contribution in [2.24, 2.45) is 7.05 Å². The Morgan fingerprint density at radius 3 is 3.12 bits per heavy atom. The van der Waals surface area contributed by atoms with Crippen LogP contribution in [0.4, 0.5) is 5.82 Å². The van der Waals surface area contributed by atoms with Crippen LogP contribution < -0.4 is 5.32 Å². The molecule has 0 radical (unpaired) electrons. The summed E-state index contributed by atoms with van der Waals surface area (Å²) >= 11 is 1.33. The Labute approximate surface area is 95.2 Å². The summed E-state index contributed by atoms with van der Waals surface area (Å²) in [6, 6.07) is 1.95. The van der Waals surface area contributed by atoms with E-state index in [0.29, 0.717) is 11.3 Å². The van der Waals surface area contributed by atoms with Gasteiger partial charge in [-0.05, 0) is 0 Å². The average molecular weight is 233 g/mol. The van der Waals surface area contributed by atoms with E-state index >= 15 is 0 Å². The molecule has 7 heteroatoms. The van der Waals surface area contributed by atoms with Crippen molar-refractivity contribution in [3.63, 3.8) is 0 Å². The summed E-state index contributed by atoms with van der Waals surface area (Å²) in [5.41, 5.74) is 2.21. The van der Waals surface area contributed by atoms with Gasteiger partial charge in [0.1, 0.15) is 17.3 Å². The molecule has 80 valence electrons. The van der Waals surface area contributed by atoms with Gasteiger partial charge in [0.05, 0.1) is 5.51 Å². The molecule has 1 amide bonds. The van der Waals surface area contributed by atoms with Crippen molar-refractivity contribution in [3.05, 3.63) is 28.3 Å². The first-order valence-corrected chi connectivity index (χ1v) is 5.28. The highest BCUT2D eigenvalue weighted by Gasteiger charge is 2.13. The van der Waals surface area contributed by atoms with Crippen molar-refractivity contribution in [2.75, 3.05) is 5.32 Å². The lowest BCUT2D eigenvalue weighted by molar-refractivity contribution is 0.102. The molecule has 0 saturated carbocycles. The summed E-state index contributed by atoms with van der Waals surface area (Å²) in [6.45, 7) is 0. The van der Waals surface area contributed by atoms with Gasteiger partial charge < -0.3 is 5.32 Å². The molecule has 2 rings (SSSR count). The van der Waals surface area contributed by atoms with Crippen LogP contribution >= 0.6 is 11.3 Å². The number of nitriles is 1. The van der Waals surface area contributed by atoms with Crippen LogP contribution in [-0.4, -0.2) is 20.7 Å². The number of rotatable bonds is 2. The van der Waals surface area contributed by atoms with Gasteiger partial charge in [-0.3, -0.25) is 9.48 Å². The molecule has 0 spiro atoms. The molecule has 2 aromatic heterocycles. The summed E-state index contributed by atoms with van der Waals surface area (Å²) in [5.74, 6) is -0.112. The van der Waals surface area contributed by atoms with Crippen LogP contribution in [0.15, 0.2) is 17.1 Å². The van der Waals surface area contributed by atoms with Crippen LogP contribution in [0.1, 0.15) is 16.1 Å². The maximum atomic E-state index is 11.6. The van der Waals surface area contributed by atoms with Crippen molar-refractivity contribution in [1.82, 2.24) is 14.8 Å². The number of carbonyl (C=O) groups is 1. The molecule has 0 atom stereocenters. The number of aryl methyl sites for hydroxylation is 1. The lowest BCUT2D eigenvalue weighted by Crippen LogP contribution is -2.13. The van der Waals surface area contributed by atoms with Crippen molar-refractivity contribution in [1.29, 1.82) is 5.26 Å². The van der Waals surface area contributed by atoms with Gasteiger partial charge in [-0.2, -0.15) is 10.4 Å². The molecule has 6 nitrogen and oxygen atoms in total. The Bertz CT molecular complexity index is 551. The standard InChI is InChI=1S/C9H7N5OS/c1-14-3-6(2-10)8(13-14)12-9(15)7-4-16-5-11-7/h3-5H,1H3,(H,12,13,15). The Morgan fingerprint density at radius 1 is 1.69 bits per heavy atom. The summed E-state index contributed by atoms with van der Waals surface area (Å²) in [5, 5.41) is 16.9. The lowest BCUT2D eigenvalue weighted by Gasteiger charge is -1.98. The number of hydrogen-bond donors (Lipinski definition) is 1. The van der Waals surface area contributed by atoms with Crippen molar-refractivity contribution in [2.45, 2.75) is 0 Å². The Morgan fingerprint density at radius 2 is 2.50 bits per heavy atom. The van der Waals surface area contributed by atoms with E-state index in [1.165, 1.54) is 22.2 Å². The molecule has 2 heterocycles. The van der Waals surface area contributed by atoms with Crippen LogP contribution in [0.25, 0.3) is 0 Å². The molecule has 0 aliphatic heterocycles. The van der Waals surface area contributed by atoms with Gasteiger partial charge in [0.25, 0.3) is 5.91 Å². The summed E-state index contributed by atoms with van der Waals surface area (Å²) in [4.78, 5) is 15.5. The SMILES string of the molecule is Cn1cc(C#N)c(NC(=O)c2cscn2)n1. The number of nitrogens with zero attached hydrogens (tertiary/aromatic N) is 4. The van der Waals surface area contributed by atoms with Gasteiger partial charge in [0.2, 0.25) is 0 Å². The fraction of sp³-hybridized carbons (Fsp3) is 0.111. The second-order valence-electron chi connectivity index (χ2n) is 3.00. The number of nitrogens with one attached hydrogen (secondary N) is 1. The van der Waals surface area contributed by atoms with E-state index in [9.17, 15) is 4.79 Å². The maximum absolute atomic E-state index is 11.6. The molecular weight excluding hydrogens is 226 g/mol. The summed E-state index contributed by atoms with van der Waals surface area (Å²) in [7, 11) is 1.68. The van der Waals surface area contributed by atoms with Gasteiger partial charge >= 0.3 is 0 Å². The minimum absolute atomic E-state index is 0.253. The van der Waals surface area contributed by atoms with Crippen LogP contribution in [0, 0.1) is 11.3 Å². The topological polar surface area (TPSA) is 83.6 Å². The molecule has 0 fully saturated rings. The second-order valence-corrected chi connectivity index (χ2v) is 3.72. The van der Waals surface area contributed by atoms with Gasteiger partial charge in [-0.25, -0.2) is 4.98 Å². The van der Waals surface area contributed by atoms with Gasteiger partial charge in [0.15, 0.2) is 5.82 Å². The number of thiazole rings is 1. The molecule has 0 aliphatic carbocycles. The molecular formula is C9H7N5OS. The maximum Gasteiger partial charge on any atom is 0.276 e. The first kappa shape index (κ1) is 10.3. The molecule has 0 bridgehead atoms. The van der Waals surface area contributed by atoms with E-state index in [4.69, 9.17) is 5.26 Å². The summed E-state index contributed by atoms with van der Waals surface area (Å²) < 4.78 is 1.47. The zero-order valence-electron chi connectivity index (χ0n) is 8.34. The van der Waals surface area contributed by atoms with Crippen molar-refractivity contribution in [3.8, 4) is 6.07 Å². The third-order valence-corrected chi connectivity index (χ3v) is 2.43. The zero-order valence-corrected chi connectivity index (χ0v) is 9.15. The fourth-order valence-electron chi connectivity index (χ4n) is 1.16. The van der Waals surface area contributed by atoms with Gasteiger partial charge in [0, 0.05) is 18.6 Å². The highest BCUT2D eigenvalue weighted by Crippen LogP contribution is 2.12. The van der Waals surface area contributed by atoms with Crippen LogP contribution in [0.2, 0.25) is 0 Å². The lowest BCUT2D eigenvalue weighted by atomic mass is 10.3. The third-order valence-electron chi connectivity index (χ3n) is 1.85. The first-order chi connectivity index (χ1) is 7.70. The molecule has 0 saturated heterocycles. The highest BCUT2D eigenvalue weighted by molar-refractivity contribution is 7.07. The molecule has 0 aromatic carbocycles. The average Bonchev–Trinajstić information content (AvgIpc) is 2.87. The third kappa shape index (κ3) is 1.92. The molecule has 0 unspecified atom stereocenters. The monoisotopic (exact) mass is 233 g/mol. The van der Waals surface area contributed by atoms with E-state index in [2.05, 4.69) is 15.4 Å². The fourth-order valence-corrected chi connectivity index (χ4v) is 1.69. The number of amides is 1. The van der Waals surface area contributed by atoms with Gasteiger partial charge in [-0.15, -0.1) is 11.3 Å². The van der Waals surface area contributed by atoms with Crippen molar-refractivity contribution >= 4 is 23.1 Å². The van der Waals surface area contributed by atoms with E-state index in [1.54, 1.807) is 17.9 Å². The number of anilines is 1. The summed E-state index contributed by atoms with van der Waals surface area (Å²) in [6.07, 6.45) is 1.54. The second kappa shape index (κ2) is 4.12. The molecule has 16 heavy (non-hydrogen) atoms. The molecule has 1 N–H and O–H groups in total. The minimum atomic E-state index is -0.364. The highest BCUT2D eigenvalue weighted by atomic mass is 32.1. The van der Waals surface area contributed by atoms with Crippen molar-refractivity contribution < 1.29 is 4.79 Å². The number of carbonyl (C=O) groups excluding carboxylic acids is 1. The molecule has 0 aliphatic rings. The first-order valence-electron chi connectivity index (χ1n) is 4.34. The predicted molar refractivity (Wildman–Crippen MR) is 58.0 cm³/mol. The predicted octanol–water partition coefficient (Wildman–Crippen LogP) is 1.00. The minimum Gasteiger partial charge on any atom is -0.303 e. The Hall–Kier alpha value is -2.20. The van der Waals surface area contributed by atoms with Crippen LogP contribution in [-0.2, 0) is 7.05 Å². The number of hydrogen-bond acceptors (Lipinski definition) is 5. The van der Waals surface area contributed by atoms with Gasteiger partial charge in [-0.1, -0.05) is 0 Å².